The van der Waals surface area contributed by atoms with E-state index >= 15 is 0 Å². The van der Waals surface area contributed by atoms with Gasteiger partial charge in [-0.2, -0.15) is 0 Å². The number of hydrogen-bond acceptors (Lipinski definition) is 3. The predicted octanol–water partition coefficient (Wildman–Crippen LogP) is 0.183. The van der Waals surface area contributed by atoms with Crippen LogP contribution in [-0.4, -0.2) is 43.5 Å². The first-order chi connectivity index (χ1) is 6.74. The van der Waals surface area contributed by atoms with Gasteiger partial charge in [-0.1, -0.05) is 13.8 Å². The van der Waals surface area contributed by atoms with Crippen molar-refractivity contribution >= 4 is 5.91 Å². The molecule has 0 unspecified atom stereocenters. The molecular formula is C10H23N3O. The van der Waals surface area contributed by atoms with Gasteiger partial charge in [0, 0.05) is 6.54 Å². The van der Waals surface area contributed by atoms with Gasteiger partial charge in [0.2, 0.25) is 5.91 Å². The molecule has 84 valence electrons. The molecule has 0 saturated heterocycles. The highest BCUT2D eigenvalue weighted by atomic mass is 16.2. The van der Waals surface area contributed by atoms with Crippen LogP contribution in [0, 0.1) is 0 Å². The number of nitrogens with two attached hydrogens (primary N) is 1. The van der Waals surface area contributed by atoms with Gasteiger partial charge < -0.3 is 11.1 Å². The first-order valence-corrected chi connectivity index (χ1v) is 5.43. The van der Waals surface area contributed by atoms with Gasteiger partial charge in [-0.05, 0) is 32.5 Å². The Morgan fingerprint density at radius 2 is 1.93 bits per heavy atom. The molecule has 4 nitrogen and oxygen atoms in total. The number of nitrogens with one attached hydrogen (secondary N) is 1. The Bertz CT molecular complexity index is 146. The van der Waals surface area contributed by atoms with Gasteiger partial charge in [0.25, 0.3) is 0 Å². The van der Waals surface area contributed by atoms with Crippen LogP contribution in [0.1, 0.15) is 26.7 Å². The van der Waals surface area contributed by atoms with Crippen molar-refractivity contribution in [1.29, 1.82) is 0 Å². The molecule has 4 heteroatoms. The summed E-state index contributed by atoms with van der Waals surface area (Å²) in [6.07, 6.45) is 1.95. The highest BCUT2D eigenvalue weighted by Gasteiger charge is 2.05. The van der Waals surface area contributed by atoms with Crippen molar-refractivity contribution < 1.29 is 4.79 Å². The molecule has 0 fully saturated rings. The molecule has 0 aromatic rings. The topological polar surface area (TPSA) is 58.4 Å². The number of likely N-dealkylation sites (N-methyl/N-ethyl adjacent to an activating group) is 1. The number of carbonyl (C=O) groups is 1. The average Bonchev–Trinajstić information content (AvgIpc) is 2.21. The fourth-order valence-corrected chi connectivity index (χ4v) is 1.20. The molecule has 0 rings (SSSR count). The Balaban J connectivity index is 3.44. The van der Waals surface area contributed by atoms with Crippen LogP contribution in [0.5, 0.6) is 0 Å². The molecule has 0 aromatic heterocycles. The van der Waals surface area contributed by atoms with E-state index in [0.717, 1.165) is 32.5 Å². The fraction of sp³-hybridized carbons (Fsp3) is 0.900. The molecule has 0 bridgehead atoms. The Morgan fingerprint density at radius 3 is 2.43 bits per heavy atom. The lowest BCUT2D eigenvalue weighted by Crippen LogP contribution is -2.37. The van der Waals surface area contributed by atoms with Crippen molar-refractivity contribution in [2.24, 2.45) is 5.73 Å². The highest BCUT2D eigenvalue weighted by Crippen LogP contribution is 1.87. The zero-order valence-electron chi connectivity index (χ0n) is 9.38. The van der Waals surface area contributed by atoms with Crippen LogP contribution < -0.4 is 11.1 Å². The van der Waals surface area contributed by atoms with E-state index < -0.39 is 0 Å². The standard InChI is InChI=1S/C10H23N3O/c1-3-13(4-2)9-10(14)12-8-6-5-7-11/h3-9,11H2,1-2H3,(H,12,14). The summed E-state index contributed by atoms with van der Waals surface area (Å²) in [6, 6.07) is 0. The van der Waals surface area contributed by atoms with Crippen LogP contribution in [0.2, 0.25) is 0 Å². The molecule has 0 aromatic carbocycles. The Kier molecular flexibility index (Phi) is 8.57. The zero-order valence-corrected chi connectivity index (χ0v) is 9.38. The molecule has 0 saturated carbocycles. The van der Waals surface area contributed by atoms with Gasteiger partial charge in [0.1, 0.15) is 0 Å². The second-order valence-corrected chi connectivity index (χ2v) is 3.31. The molecular weight excluding hydrogens is 178 g/mol. The molecule has 0 atom stereocenters. The number of carbonyl (C=O) groups excluding carboxylic acids is 1. The quantitative estimate of drug-likeness (QED) is 0.551. The van der Waals surface area contributed by atoms with Crippen LogP contribution in [0.15, 0.2) is 0 Å². The molecule has 0 heterocycles. The fourth-order valence-electron chi connectivity index (χ4n) is 1.20. The summed E-state index contributed by atoms with van der Waals surface area (Å²) >= 11 is 0. The summed E-state index contributed by atoms with van der Waals surface area (Å²) in [5.41, 5.74) is 5.35. The van der Waals surface area contributed by atoms with Gasteiger partial charge in [-0.3, -0.25) is 9.69 Å². The first-order valence-electron chi connectivity index (χ1n) is 5.43. The van der Waals surface area contributed by atoms with Crippen molar-refractivity contribution in [1.82, 2.24) is 10.2 Å². The molecule has 0 radical (unpaired) electrons. The number of amides is 1. The monoisotopic (exact) mass is 201 g/mol. The van der Waals surface area contributed by atoms with Gasteiger partial charge in [0.05, 0.1) is 6.54 Å². The number of hydrogen-bond donors (Lipinski definition) is 2. The Hall–Kier alpha value is -0.610. The van der Waals surface area contributed by atoms with Crippen LogP contribution in [-0.2, 0) is 4.79 Å². The molecule has 3 N–H and O–H groups in total. The predicted molar refractivity (Wildman–Crippen MR) is 59.1 cm³/mol. The van der Waals surface area contributed by atoms with Crippen LogP contribution in [0.3, 0.4) is 0 Å². The third-order valence-electron chi connectivity index (χ3n) is 2.21. The maximum atomic E-state index is 11.4. The number of rotatable bonds is 8. The lowest BCUT2D eigenvalue weighted by atomic mass is 10.3. The first kappa shape index (κ1) is 13.4. The molecule has 0 aliphatic heterocycles. The van der Waals surface area contributed by atoms with Crippen molar-refractivity contribution in [2.45, 2.75) is 26.7 Å². The zero-order chi connectivity index (χ0) is 10.8. The molecule has 14 heavy (non-hydrogen) atoms. The maximum absolute atomic E-state index is 11.4. The smallest absolute Gasteiger partial charge is 0.234 e. The van der Waals surface area contributed by atoms with E-state index in [4.69, 9.17) is 5.73 Å². The second-order valence-electron chi connectivity index (χ2n) is 3.31. The van der Waals surface area contributed by atoms with Gasteiger partial charge in [-0.15, -0.1) is 0 Å². The molecule has 1 amide bonds. The van der Waals surface area contributed by atoms with Crippen molar-refractivity contribution in [2.75, 3.05) is 32.7 Å². The van der Waals surface area contributed by atoms with E-state index in [9.17, 15) is 4.79 Å². The van der Waals surface area contributed by atoms with E-state index in [1.165, 1.54) is 0 Å². The van der Waals surface area contributed by atoms with E-state index in [1.54, 1.807) is 0 Å². The van der Waals surface area contributed by atoms with Crippen molar-refractivity contribution in [3.8, 4) is 0 Å². The summed E-state index contributed by atoms with van der Waals surface area (Å²) in [7, 11) is 0. The van der Waals surface area contributed by atoms with E-state index in [0.29, 0.717) is 13.1 Å². The SMILES string of the molecule is CCN(CC)CC(=O)NCCCCN. The normalized spacial score (nSPS) is 10.6. The third-order valence-corrected chi connectivity index (χ3v) is 2.21. The van der Waals surface area contributed by atoms with E-state index in [-0.39, 0.29) is 5.91 Å². The summed E-state index contributed by atoms with van der Waals surface area (Å²) < 4.78 is 0. The van der Waals surface area contributed by atoms with Crippen molar-refractivity contribution in [3.05, 3.63) is 0 Å². The second kappa shape index (κ2) is 8.97. The van der Waals surface area contributed by atoms with Crippen LogP contribution in [0.25, 0.3) is 0 Å². The van der Waals surface area contributed by atoms with Gasteiger partial charge in [-0.25, -0.2) is 0 Å². The molecule has 0 spiro atoms. The largest absolute Gasteiger partial charge is 0.355 e. The Labute approximate surface area is 86.8 Å². The van der Waals surface area contributed by atoms with Gasteiger partial charge in [0.15, 0.2) is 0 Å². The summed E-state index contributed by atoms with van der Waals surface area (Å²) in [6.45, 7) is 7.93. The minimum atomic E-state index is 0.116. The van der Waals surface area contributed by atoms with Crippen molar-refractivity contribution in [3.63, 3.8) is 0 Å². The molecule has 0 aliphatic rings. The highest BCUT2D eigenvalue weighted by molar-refractivity contribution is 5.77. The lowest BCUT2D eigenvalue weighted by Gasteiger charge is -2.17. The Morgan fingerprint density at radius 1 is 1.29 bits per heavy atom. The summed E-state index contributed by atoms with van der Waals surface area (Å²) in [5.74, 6) is 0.116. The number of unbranched alkanes of at least 4 members (excludes halogenated alkanes) is 1. The maximum Gasteiger partial charge on any atom is 0.234 e. The third kappa shape index (κ3) is 6.86. The average molecular weight is 201 g/mol. The number of nitrogens with zero attached hydrogens (tertiary/aromatic N) is 1. The molecule has 0 aliphatic carbocycles. The minimum Gasteiger partial charge on any atom is -0.355 e. The van der Waals surface area contributed by atoms with E-state index in [2.05, 4.69) is 24.1 Å². The minimum absolute atomic E-state index is 0.116. The van der Waals surface area contributed by atoms with Gasteiger partial charge >= 0.3 is 0 Å². The van der Waals surface area contributed by atoms with Crippen LogP contribution in [0.4, 0.5) is 0 Å². The van der Waals surface area contributed by atoms with E-state index in [1.807, 2.05) is 0 Å². The summed E-state index contributed by atoms with van der Waals surface area (Å²) in [4.78, 5) is 13.4. The lowest BCUT2D eigenvalue weighted by molar-refractivity contribution is -0.122. The summed E-state index contributed by atoms with van der Waals surface area (Å²) in [5, 5.41) is 2.88. The van der Waals surface area contributed by atoms with Crippen LogP contribution >= 0.6 is 0 Å².